The Labute approximate surface area is 175 Å². The average molecular weight is 424 g/mol. The molecule has 0 radical (unpaired) electrons. The zero-order valence-corrected chi connectivity index (χ0v) is 17.4. The minimum absolute atomic E-state index is 0. The lowest BCUT2D eigenvalue weighted by atomic mass is 10.00. The number of nitrogens with one attached hydrogen (secondary N) is 2. The van der Waals surface area contributed by atoms with Gasteiger partial charge in [0.25, 0.3) is 0 Å². The first-order valence-electron chi connectivity index (χ1n) is 9.05. The lowest BCUT2D eigenvalue weighted by Crippen LogP contribution is -2.28. The molecule has 2 amide bonds. The number of thioether (sulfide) groups is 1. The van der Waals surface area contributed by atoms with Gasteiger partial charge in [0.15, 0.2) is 0 Å². The van der Waals surface area contributed by atoms with Gasteiger partial charge in [0.1, 0.15) is 6.54 Å². The molecule has 1 aliphatic rings. The van der Waals surface area contributed by atoms with E-state index in [-0.39, 0.29) is 42.7 Å². The fourth-order valence-corrected chi connectivity index (χ4v) is 3.71. The van der Waals surface area contributed by atoms with Crippen LogP contribution in [-0.2, 0) is 16.1 Å². The van der Waals surface area contributed by atoms with Crippen LogP contribution in [0.2, 0.25) is 0 Å². The van der Waals surface area contributed by atoms with Crippen LogP contribution in [0.5, 0.6) is 0 Å². The molecule has 152 valence electrons. The van der Waals surface area contributed by atoms with Crippen LogP contribution in [0, 0.1) is 5.92 Å². The molecule has 2 atom stereocenters. The summed E-state index contributed by atoms with van der Waals surface area (Å²) in [5.74, 6) is 0.0170. The quantitative estimate of drug-likeness (QED) is 0.594. The van der Waals surface area contributed by atoms with E-state index in [1.54, 1.807) is 24.2 Å². The van der Waals surface area contributed by atoms with Gasteiger partial charge in [-0.2, -0.15) is 5.10 Å². The van der Waals surface area contributed by atoms with Crippen molar-refractivity contribution in [3.05, 3.63) is 36.7 Å². The molecule has 1 fully saturated rings. The third-order valence-corrected chi connectivity index (χ3v) is 5.51. The van der Waals surface area contributed by atoms with Crippen LogP contribution in [0.25, 0.3) is 0 Å². The van der Waals surface area contributed by atoms with Gasteiger partial charge in [-0.05, 0) is 49.3 Å². The molecule has 0 unspecified atom stereocenters. The molecule has 4 N–H and O–H groups in total. The van der Waals surface area contributed by atoms with Gasteiger partial charge in [-0.1, -0.05) is 6.42 Å². The molecule has 1 aliphatic carbocycles. The predicted molar refractivity (Wildman–Crippen MR) is 115 cm³/mol. The largest absolute Gasteiger partial charge is 0.327 e. The number of nitrogens with zero attached hydrogens (tertiary/aromatic N) is 2. The first-order chi connectivity index (χ1) is 13.0. The number of aromatic nitrogens is 2. The van der Waals surface area contributed by atoms with Crippen LogP contribution in [0.3, 0.4) is 0 Å². The van der Waals surface area contributed by atoms with Crippen LogP contribution in [-0.4, -0.2) is 33.9 Å². The first kappa shape index (κ1) is 22.3. The number of carbonyl (C=O) groups excluding carboxylic acids is 2. The Morgan fingerprint density at radius 2 is 1.89 bits per heavy atom. The maximum atomic E-state index is 12.2. The minimum atomic E-state index is -0.176. The van der Waals surface area contributed by atoms with Crippen molar-refractivity contribution in [1.82, 2.24) is 9.78 Å². The molecule has 1 saturated carbocycles. The van der Waals surface area contributed by atoms with E-state index >= 15 is 0 Å². The second-order valence-electron chi connectivity index (χ2n) is 6.81. The molecule has 9 heteroatoms. The molecule has 1 aromatic heterocycles. The summed E-state index contributed by atoms with van der Waals surface area (Å²) in [4.78, 5) is 25.4. The van der Waals surface area contributed by atoms with E-state index in [1.165, 1.54) is 4.68 Å². The lowest BCUT2D eigenvalue weighted by molar-refractivity contribution is -0.117. The maximum absolute atomic E-state index is 12.2. The Kier molecular flexibility index (Phi) is 8.35. The van der Waals surface area contributed by atoms with Crippen LogP contribution in [0.4, 0.5) is 11.4 Å². The monoisotopic (exact) mass is 423 g/mol. The molecule has 28 heavy (non-hydrogen) atoms. The summed E-state index contributed by atoms with van der Waals surface area (Å²) >= 11 is 1.65. The number of nitrogens with two attached hydrogens (primary N) is 1. The molecule has 0 saturated heterocycles. The number of hydrogen-bond donors (Lipinski definition) is 3. The van der Waals surface area contributed by atoms with E-state index < -0.39 is 0 Å². The van der Waals surface area contributed by atoms with Gasteiger partial charge in [-0.25, -0.2) is 0 Å². The molecule has 0 spiro atoms. The molecular formula is C19H26ClN5O2S. The van der Waals surface area contributed by atoms with Gasteiger partial charge in [0, 0.05) is 29.2 Å². The number of amides is 2. The Balaban J connectivity index is 0.00000280. The maximum Gasteiger partial charge on any atom is 0.246 e. The average Bonchev–Trinajstić information content (AvgIpc) is 3.24. The third kappa shape index (κ3) is 6.25. The highest BCUT2D eigenvalue weighted by molar-refractivity contribution is 7.98. The van der Waals surface area contributed by atoms with Gasteiger partial charge >= 0.3 is 0 Å². The second-order valence-corrected chi connectivity index (χ2v) is 7.69. The third-order valence-electron chi connectivity index (χ3n) is 4.76. The van der Waals surface area contributed by atoms with Crippen molar-refractivity contribution in [2.24, 2.45) is 11.7 Å². The Bertz CT molecular complexity index is 796. The van der Waals surface area contributed by atoms with Crippen molar-refractivity contribution in [1.29, 1.82) is 0 Å². The van der Waals surface area contributed by atoms with Crippen molar-refractivity contribution >= 4 is 47.4 Å². The smallest absolute Gasteiger partial charge is 0.246 e. The number of carbonyl (C=O) groups is 2. The van der Waals surface area contributed by atoms with Crippen LogP contribution >= 0.6 is 24.2 Å². The lowest BCUT2D eigenvalue weighted by Gasteiger charge is -2.14. The summed E-state index contributed by atoms with van der Waals surface area (Å²) in [7, 11) is 0. The van der Waals surface area contributed by atoms with Crippen molar-refractivity contribution in [2.45, 2.75) is 43.2 Å². The van der Waals surface area contributed by atoms with E-state index in [9.17, 15) is 9.59 Å². The molecule has 3 rings (SSSR count). The van der Waals surface area contributed by atoms with Crippen LogP contribution < -0.4 is 16.4 Å². The highest BCUT2D eigenvalue weighted by Gasteiger charge is 2.26. The van der Waals surface area contributed by atoms with Crippen molar-refractivity contribution in [3.63, 3.8) is 0 Å². The zero-order chi connectivity index (χ0) is 19.2. The first-order valence-corrected chi connectivity index (χ1v) is 10.3. The number of rotatable bonds is 7. The Morgan fingerprint density at radius 1 is 1.18 bits per heavy atom. The normalized spacial score (nSPS) is 18.4. The van der Waals surface area contributed by atoms with Crippen LogP contribution in [0.15, 0.2) is 41.6 Å². The minimum Gasteiger partial charge on any atom is -0.327 e. The van der Waals surface area contributed by atoms with E-state index in [2.05, 4.69) is 15.7 Å². The van der Waals surface area contributed by atoms with Crippen molar-refractivity contribution in [3.8, 4) is 0 Å². The number of benzene rings is 1. The predicted octanol–water partition coefficient (Wildman–Crippen LogP) is 3.12. The van der Waals surface area contributed by atoms with E-state index in [1.807, 2.05) is 30.5 Å². The summed E-state index contributed by atoms with van der Waals surface area (Å²) < 4.78 is 1.50. The molecule has 0 bridgehead atoms. The topological polar surface area (TPSA) is 102 Å². The summed E-state index contributed by atoms with van der Waals surface area (Å²) in [6.07, 6.45) is 8.72. The zero-order valence-electron chi connectivity index (χ0n) is 15.8. The summed E-state index contributed by atoms with van der Waals surface area (Å²) in [6, 6.07) is 7.77. The summed E-state index contributed by atoms with van der Waals surface area (Å²) in [5, 5.41) is 9.81. The molecule has 1 aromatic carbocycles. The molecule has 7 nitrogen and oxygen atoms in total. The van der Waals surface area contributed by atoms with E-state index in [4.69, 9.17) is 5.73 Å². The van der Waals surface area contributed by atoms with Crippen molar-refractivity contribution < 1.29 is 9.59 Å². The fraction of sp³-hybridized carbons (Fsp3) is 0.421. The number of hydrogen-bond acceptors (Lipinski definition) is 5. The highest BCUT2D eigenvalue weighted by Crippen LogP contribution is 2.27. The molecular weight excluding hydrogens is 398 g/mol. The van der Waals surface area contributed by atoms with Gasteiger partial charge in [0.2, 0.25) is 11.8 Å². The summed E-state index contributed by atoms with van der Waals surface area (Å²) in [5.41, 5.74) is 7.35. The van der Waals surface area contributed by atoms with Gasteiger partial charge in [0.05, 0.1) is 11.9 Å². The summed E-state index contributed by atoms with van der Waals surface area (Å²) in [6.45, 7) is 0.0770. The number of halogens is 1. The second kappa shape index (κ2) is 10.5. The van der Waals surface area contributed by atoms with E-state index in [0.717, 1.165) is 29.8 Å². The SMILES string of the molecule is CSc1ccc(NC(=O)Cn2cc(NC(=O)C[C@@H]3CCC[C@H]3N)cn2)cc1.Cl. The Morgan fingerprint density at radius 3 is 2.54 bits per heavy atom. The molecule has 0 aliphatic heterocycles. The Hall–Kier alpha value is -2.03. The highest BCUT2D eigenvalue weighted by atomic mass is 35.5. The molecule has 2 aromatic rings. The van der Waals surface area contributed by atoms with Gasteiger partial charge < -0.3 is 16.4 Å². The number of anilines is 2. The van der Waals surface area contributed by atoms with Gasteiger partial charge in [-0.3, -0.25) is 14.3 Å². The van der Waals surface area contributed by atoms with Crippen molar-refractivity contribution in [2.75, 3.05) is 16.9 Å². The fourth-order valence-electron chi connectivity index (χ4n) is 3.31. The standard InChI is InChI=1S/C19H25N5O2S.ClH/c1-27-16-7-5-14(6-8-16)22-19(26)12-24-11-15(10-21-24)23-18(25)9-13-3-2-4-17(13)20;/h5-8,10-11,13,17H,2-4,9,12,20H2,1H3,(H,22,26)(H,23,25);1H/t13-,17+;/m0./s1. The molecule has 1 heterocycles. The van der Waals surface area contributed by atoms with E-state index in [0.29, 0.717) is 12.1 Å². The van der Waals surface area contributed by atoms with Gasteiger partial charge in [-0.15, -0.1) is 24.2 Å². The van der Waals surface area contributed by atoms with Crippen LogP contribution in [0.1, 0.15) is 25.7 Å².